The van der Waals surface area contributed by atoms with Gasteiger partial charge in [-0.2, -0.15) is 0 Å². The fourth-order valence-electron chi connectivity index (χ4n) is 3.95. The summed E-state index contributed by atoms with van der Waals surface area (Å²) in [6, 6.07) is 18.7. The molecule has 5 N–H and O–H groups in total. The number of amides is 2. The summed E-state index contributed by atoms with van der Waals surface area (Å²) in [7, 11) is 1.75. The van der Waals surface area contributed by atoms with Crippen LogP contribution >= 0.6 is 0 Å². The molecule has 0 spiro atoms. The van der Waals surface area contributed by atoms with E-state index in [1.54, 1.807) is 60.9 Å². The Morgan fingerprint density at radius 3 is 2.54 bits per heavy atom. The van der Waals surface area contributed by atoms with E-state index in [1.807, 2.05) is 36.4 Å². The number of hydrogen-bond acceptors (Lipinski definition) is 9. The van der Waals surface area contributed by atoms with E-state index in [-0.39, 0.29) is 6.54 Å². The van der Waals surface area contributed by atoms with Crippen LogP contribution in [0.1, 0.15) is 0 Å². The van der Waals surface area contributed by atoms with Crippen molar-refractivity contribution in [3.63, 3.8) is 0 Å². The normalized spacial score (nSPS) is 11.5. The maximum Gasteiger partial charge on any atom is 0.413 e. The van der Waals surface area contributed by atoms with Gasteiger partial charge in [0.2, 0.25) is 17.8 Å². The van der Waals surface area contributed by atoms with Gasteiger partial charge in [-0.15, -0.1) is 0 Å². The van der Waals surface area contributed by atoms with Crippen molar-refractivity contribution in [2.24, 2.45) is 5.73 Å². The van der Waals surface area contributed by atoms with Gasteiger partial charge in [0.1, 0.15) is 11.8 Å². The van der Waals surface area contributed by atoms with E-state index in [0.717, 1.165) is 22.3 Å². The summed E-state index contributed by atoms with van der Waals surface area (Å²) in [6.07, 6.45) is 4.01. The van der Waals surface area contributed by atoms with Crippen molar-refractivity contribution in [1.82, 2.24) is 30.2 Å². The number of fused-ring (bicyclic) bond motifs is 1. The van der Waals surface area contributed by atoms with E-state index in [4.69, 9.17) is 10.5 Å². The summed E-state index contributed by atoms with van der Waals surface area (Å²) in [5.74, 6) is 0.406. The van der Waals surface area contributed by atoms with E-state index >= 15 is 0 Å². The first-order valence-corrected chi connectivity index (χ1v) is 12.0. The van der Waals surface area contributed by atoms with Gasteiger partial charge in [-0.3, -0.25) is 4.79 Å². The van der Waals surface area contributed by atoms with Crippen molar-refractivity contribution in [3.05, 3.63) is 85.3 Å². The molecular weight excluding hydrogens is 498 g/mol. The molecule has 5 rings (SSSR count). The van der Waals surface area contributed by atoms with Crippen LogP contribution in [0, 0.1) is 0 Å². The van der Waals surface area contributed by atoms with Gasteiger partial charge in [0.05, 0.1) is 17.9 Å². The molecule has 0 saturated carbocycles. The number of benzene rings is 2. The number of nitrogens with two attached hydrogens (primary N) is 1. The number of aromatic nitrogens is 5. The molecule has 196 valence electrons. The number of rotatable bonds is 9. The lowest BCUT2D eigenvalue weighted by molar-refractivity contribution is -0.119. The minimum absolute atomic E-state index is 0.00773. The molecule has 0 aliphatic carbocycles. The predicted molar refractivity (Wildman–Crippen MR) is 146 cm³/mol. The average molecular weight is 524 g/mol. The smallest absolute Gasteiger partial charge is 0.410 e. The van der Waals surface area contributed by atoms with Crippen LogP contribution in [0.2, 0.25) is 0 Å². The Morgan fingerprint density at radius 1 is 1.00 bits per heavy atom. The van der Waals surface area contributed by atoms with Crippen molar-refractivity contribution in [1.29, 1.82) is 0 Å². The minimum atomic E-state index is -1.09. The van der Waals surface area contributed by atoms with Crippen LogP contribution in [0.3, 0.4) is 0 Å². The van der Waals surface area contributed by atoms with Gasteiger partial charge in [-0.05, 0) is 48.5 Å². The first-order valence-electron chi connectivity index (χ1n) is 12.0. The van der Waals surface area contributed by atoms with Crippen molar-refractivity contribution in [3.8, 4) is 17.1 Å². The van der Waals surface area contributed by atoms with Crippen LogP contribution in [-0.4, -0.2) is 56.6 Å². The second kappa shape index (κ2) is 11.3. The highest BCUT2D eigenvalue weighted by atomic mass is 16.6. The SMILES string of the molecule is CNc1nccc(-c2cc3cc(OC(=O)N[C@@H](CN(c4ccccc4)c4ncccn4)C(N)=O)ccc3[nH]2)n1. The molecule has 3 heterocycles. The third kappa shape index (κ3) is 5.91. The Morgan fingerprint density at radius 2 is 1.79 bits per heavy atom. The molecule has 0 saturated heterocycles. The second-order valence-corrected chi connectivity index (χ2v) is 8.43. The molecule has 0 aliphatic rings. The highest BCUT2D eigenvalue weighted by Crippen LogP contribution is 2.27. The largest absolute Gasteiger partial charge is 0.413 e. The van der Waals surface area contributed by atoms with E-state index in [1.165, 1.54) is 0 Å². The van der Waals surface area contributed by atoms with Gasteiger partial charge < -0.3 is 31.0 Å². The monoisotopic (exact) mass is 523 g/mol. The fraction of sp³-hybridized carbons (Fsp3) is 0.111. The molecule has 0 fully saturated rings. The van der Waals surface area contributed by atoms with Gasteiger partial charge >= 0.3 is 6.09 Å². The second-order valence-electron chi connectivity index (χ2n) is 8.43. The molecule has 39 heavy (non-hydrogen) atoms. The zero-order valence-electron chi connectivity index (χ0n) is 20.9. The first kappa shape index (κ1) is 25.1. The molecule has 0 unspecified atom stereocenters. The van der Waals surface area contributed by atoms with Crippen LogP contribution in [0.5, 0.6) is 5.75 Å². The number of hydrogen-bond donors (Lipinski definition) is 4. The lowest BCUT2D eigenvalue weighted by Gasteiger charge is -2.26. The lowest BCUT2D eigenvalue weighted by Crippen LogP contribution is -2.51. The number of H-pyrrole nitrogens is 1. The maximum absolute atomic E-state index is 12.8. The van der Waals surface area contributed by atoms with Crippen LogP contribution in [0.4, 0.5) is 22.4 Å². The molecule has 5 aromatic rings. The van der Waals surface area contributed by atoms with Gasteiger partial charge in [-0.1, -0.05) is 18.2 Å². The molecule has 0 radical (unpaired) electrons. The van der Waals surface area contributed by atoms with E-state index < -0.39 is 18.0 Å². The van der Waals surface area contributed by atoms with E-state index in [0.29, 0.717) is 23.3 Å². The number of primary amides is 1. The van der Waals surface area contributed by atoms with Gasteiger partial charge in [-0.25, -0.2) is 24.7 Å². The molecule has 2 amide bonds. The Bertz CT molecular complexity index is 1550. The van der Waals surface area contributed by atoms with Gasteiger partial charge in [0.15, 0.2) is 0 Å². The minimum Gasteiger partial charge on any atom is -0.410 e. The highest BCUT2D eigenvalue weighted by molar-refractivity contribution is 5.88. The molecule has 12 nitrogen and oxygen atoms in total. The summed E-state index contributed by atoms with van der Waals surface area (Å²) in [5.41, 5.74) is 8.69. The molecule has 12 heteroatoms. The fourth-order valence-corrected chi connectivity index (χ4v) is 3.95. The molecular formula is C27H25N9O3. The van der Waals surface area contributed by atoms with Crippen LogP contribution in [0.15, 0.2) is 85.3 Å². The molecule has 0 aliphatic heterocycles. The van der Waals surface area contributed by atoms with Crippen LogP contribution in [-0.2, 0) is 4.79 Å². The van der Waals surface area contributed by atoms with E-state index in [2.05, 4.69) is 35.6 Å². The number of nitrogens with zero attached hydrogens (tertiary/aromatic N) is 5. The van der Waals surface area contributed by atoms with Gasteiger partial charge in [0, 0.05) is 42.2 Å². The van der Waals surface area contributed by atoms with Crippen LogP contribution < -0.4 is 26.0 Å². The number of nitrogens with one attached hydrogen (secondary N) is 3. The molecule has 2 aromatic carbocycles. The summed E-state index contributed by atoms with van der Waals surface area (Å²) in [5, 5.41) is 6.28. The standard InChI is InChI=1S/C27H25N9O3/c1-29-25-30-13-10-21(34-25)22-15-17-14-19(8-9-20(17)33-22)39-27(38)35-23(24(28)37)16-36(18-6-3-2-4-7-18)26-31-11-5-12-32-26/h2-15,23,33H,16H2,1H3,(H2,28,37)(H,35,38)(H,29,30,34)/t23-/m0/s1. The molecule has 3 aromatic heterocycles. The summed E-state index contributed by atoms with van der Waals surface area (Å²) in [4.78, 5) is 47.2. The van der Waals surface area contributed by atoms with Crippen molar-refractivity contribution in [2.45, 2.75) is 6.04 Å². The molecule has 1 atom stereocenters. The first-order chi connectivity index (χ1) is 19.0. The number of anilines is 3. The number of para-hydroxylation sites is 1. The van der Waals surface area contributed by atoms with Gasteiger partial charge in [0.25, 0.3) is 0 Å². The van der Waals surface area contributed by atoms with Crippen molar-refractivity contribution in [2.75, 3.05) is 23.8 Å². The Hall–Kier alpha value is -5.52. The number of carbonyl (C=O) groups excluding carboxylic acids is 2. The zero-order chi connectivity index (χ0) is 27.2. The Kier molecular flexibility index (Phi) is 7.26. The van der Waals surface area contributed by atoms with Crippen molar-refractivity contribution < 1.29 is 14.3 Å². The average Bonchev–Trinajstić information content (AvgIpc) is 3.39. The lowest BCUT2D eigenvalue weighted by atomic mass is 10.2. The highest BCUT2D eigenvalue weighted by Gasteiger charge is 2.25. The summed E-state index contributed by atoms with van der Waals surface area (Å²) in [6.45, 7) is -0.00773. The van der Waals surface area contributed by atoms with Crippen LogP contribution in [0.25, 0.3) is 22.3 Å². The third-order valence-corrected chi connectivity index (χ3v) is 5.82. The number of ether oxygens (including phenoxy) is 1. The molecule has 0 bridgehead atoms. The third-order valence-electron chi connectivity index (χ3n) is 5.82. The van der Waals surface area contributed by atoms with Crippen molar-refractivity contribution >= 4 is 40.5 Å². The summed E-state index contributed by atoms with van der Waals surface area (Å²) >= 11 is 0. The zero-order valence-corrected chi connectivity index (χ0v) is 20.9. The predicted octanol–water partition coefficient (Wildman–Crippen LogP) is 3.24. The maximum atomic E-state index is 12.8. The summed E-state index contributed by atoms with van der Waals surface area (Å²) < 4.78 is 5.49. The quantitative estimate of drug-likeness (QED) is 0.227. The Labute approximate surface area is 223 Å². The number of carbonyl (C=O) groups is 2. The topological polar surface area (TPSA) is 164 Å². The number of aromatic amines is 1. The Balaban J connectivity index is 1.31. The van der Waals surface area contributed by atoms with E-state index in [9.17, 15) is 9.59 Å².